The van der Waals surface area contributed by atoms with E-state index in [4.69, 9.17) is 4.74 Å². The number of hydrogen-bond donors (Lipinski definition) is 0. The second-order valence-electron chi connectivity index (χ2n) is 5.35. The van der Waals surface area contributed by atoms with Gasteiger partial charge in [-0.1, -0.05) is 42.5 Å². The van der Waals surface area contributed by atoms with Crippen molar-refractivity contribution in [3.8, 4) is 0 Å². The van der Waals surface area contributed by atoms with E-state index < -0.39 is 0 Å². The van der Waals surface area contributed by atoms with Crippen LogP contribution in [0.4, 0.5) is 0 Å². The quantitative estimate of drug-likeness (QED) is 0.615. The monoisotopic (exact) mass is 257 g/mol. The zero-order chi connectivity index (χ0) is 13.4. The van der Waals surface area contributed by atoms with Crippen LogP contribution in [-0.4, -0.2) is 30.1 Å². The third kappa shape index (κ3) is 1.98. The van der Waals surface area contributed by atoms with Gasteiger partial charge in [0.2, 0.25) is 0 Å². The highest BCUT2D eigenvalue weighted by Crippen LogP contribution is 2.42. The van der Waals surface area contributed by atoms with E-state index in [1.165, 1.54) is 12.7 Å². The minimum atomic E-state index is -0.129. The summed E-state index contributed by atoms with van der Waals surface area (Å²) >= 11 is 0. The van der Waals surface area contributed by atoms with Gasteiger partial charge in [0.05, 0.1) is 7.11 Å². The standard InChI is InChI=1S/C16H19NO2/c1-11(12-6-4-3-5-7-12)17-14-9-8-13(10-14)15(17)16(18)19-2/h3-9,11,13-15H,10H2,1-2H3/t11-,13+,14-,15-/m1/s1. The fourth-order valence-corrected chi connectivity index (χ4v) is 3.44. The van der Waals surface area contributed by atoms with Crippen molar-refractivity contribution in [2.24, 2.45) is 5.92 Å². The Labute approximate surface area is 113 Å². The maximum atomic E-state index is 12.1. The average Bonchev–Trinajstić information content (AvgIpc) is 3.07. The largest absolute Gasteiger partial charge is 0.468 e. The van der Waals surface area contributed by atoms with Crippen LogP contribution in [0, 0.1) is 5.92 Å². The lowest BCUT2D eigenvalue weighted by molar-refractivity contribution is -0.148. The summed E-state index contributed by atoms with van der Waals surface area (Å²) in [5.74, 6) is 0.197. The van der Waals surface area contributed by atoms with E-state index in [0.717, 1.165) is 6.42 Å². The predicted molar refractivity (Wildman–Crippen MR) is 73.5 cm³/mol. The number of likely N-dealkylation sites (tertiary alicyclic amines) is 1. The van der Waals surface area contributed by atoms with Crippen LogP contribution in [-0.2, 0) is 9.53 Å². The summed E-state index contributed by atoms with van der Waals surface area (Å²) in [6, 6.07) is 10.8. The summed E-state index contributed by atoms with van der Waals surface area (Å²) in [7, 11) is 1.48. The van der Waals surface area contributed by atoms with E-state index in [9.17, 15) is 4.79 Å². The van der Waals surface area contributed by atoms with E-state index in [2.05, 4.69) is 36.1 Å². The number of hydrogen-bond acceptors (Lipinski definition) is 3. The number of rotatable bonds is 3. The molecule has 100 valence electrons. The topological polar surface area (TPSA) is 29.5 Å². The molecule has 0 spiro atoms. The van der Waals surface area contributed by atoms with Crippen LogP contribution >= 0.6 is 0 Å². The van der Waals surface area contributed by atoms with Crippen molar-refractivity contribution in [2.45, 2.75) is 31.5 Å². The SMILES string of the molecule is COC(=O)[C@H]1[C@H]2C=C[C@H](C2)N1[C@H](C)c1ccccc1. The Morgan fingerprint density at radius 3 is 2.74 bits per heavy atom. The fourth-order valence-electron chi connectivity index (χ4n) is 3.44. The minimum absolute atomic E-state index is 0.111. The molecular weight excluding hydrogens is 238 g/mol. The van der Waals surface area contributed by atoms with Gasteiger partial charge < -0.3 is 4.74 Å². The molecule has 0 unspecified atom stereocenters. The van der Waals surface area contributed by atoms with Crippen LogP contribution in [0.25, 0.3) is 0 Å². The number of carbonyl (C=O) groups excluding carboxylic acids is 1. The van der Waals surface area contributed by atoms with Gasteiger partial charge in [-0.3, -0.25) is 9.69 Å². The van der Waals surface area contributed by atoms with Crippen LogP contribution in [0.3, 0.4) is 0 Å². The molecule has 1 aliphatic heterocycles. The lowest BCUT2D eigenvalue weighted by atomic mass is 9.99. The molecule has 3 nitrogen and oxygen atoms in total. The van der Waals surface area contributed by atoms with Crippen molar-refractivity contribution in [1.82, 2.24) is 4.90 Å². The van der Waals surface area contributed by atoms with E-state index in [-0.39, 0.29) is 18.1 Å². The van der Waals surface area contributed by atoms with Gasteiger partial charge in [-0.15, -0.1) is 0 Å². The van der Waals surface area contributed by atoms with Gasteiger partial charge in [0.25, 0.3) is 0 Å². The zero-order valence-corrected chi connectivity index (χ0v) is 11.3. The summed E-state index contributed by atoms with van der Waals surface area (Å²) in [5.41, 5.74) is 1.25. The summed E-state index contributed by atoms with van der Waals surface area (Å²) in [6.45, 7) is 2.17. The molecule has 1 aliphatic carbocycles. The maximum Gasteiger partial charge on any atom is 0.323 e. The smallest absolute Gasteiger partial charge is 0.323 e. The Bertz CT molecular complexity index is 497. The molecule has 1 heterocycles. The number of fused-ring (bicyclic) bond motifs is 2. The summed E-state index contributed by atoms with van der Waals surface area (Å²) in [4.78, 5) is 14.3. The van der Waals surface area contributed by atoms with Crippen molar-refractivity contribution in [3.05, 3.63) is 48.0 Å². The van der Waals surface area contributed by atoms with Gasteiger partial charge in [-0.05, 0) is 18.9 Å². The highest BCUT2D eigenvalue weighted by atomic mass is 16.5. The normalized spacial score (nSPS) is 30.5. The molecule has 0 amide bonds. The van der Waals surface area contributed by atoms with Crippen LogP contribution in [0.5, 0.6) is 0 Å². The van der Waals surface area contributed by atoms with Crippen LogP contribution in [0.1, 0.15) is 24.9 Å². The Morgan fingerprint density at radius 1 is 1.32 bits per heavy atom. The molecule has 0 N–H and O–H groups in total. The zero-order valence-electron chi connectivity index (χ0n) is 11.3. The van der Waals surface area contributed by atoms with Gasteiger partial charge in [-0.25, -0.2) is 0 Å². The molecule has 3 rings (SSSR count). The second kappa shape index (κ2) is 4.82. The fraction of sp³-hybridized carbons (Fsp3) is 0.438. The summed E-state index contributed by atoms with van der Waals surface area (Å²) in [6.07, 6.45) is 5.43. The molecule has 1 saturated heterocycles. The first-order valence-electron chi connectivity index (χ1n) is 6.81. The summed E-state index contributed by atoms with van der Waals surface area (Å²) < 4.78 is 4.99. The van der Waals surface area contributed by atoms with Crippen molar-refractivity contribution in [1.29, 1.82) is 0 Å². The molecule has 1 aromatic rings. The Hall–Kier alpha value is -1.61. The van der Waals surface area contributed by atoms with E-state index in [0.29, 0.717) is 12.0 Å². The van der Waals surface area contributed by atoms with E-state index in [1.807, 2.05) is 18.2 Å². The highest BCUT2D eigenvalue weighted by Gasteiger charge is 2.48. The molecule has 1 fully saturated rings. The molecular formula is C16H19NO2. The molecule has 4 atom stereocenters. The number of carbonyl (C=O) groups is 1. The third-order valence-electron chi connectivity index (χ3n) is 4.38. The maximum absolute atomic E-state index is 12.1. The molecule has 2 aliphatic rings. The average molecular weight is 257 g/mol. The van der Waals surface area contributed by atoms with Gasteiger partial charge in [0, 0.05) is 18.0 Å². The number of ether oxygens (including phenoxy) is 1. The molecule has 1 aromatic carbocycles. The number of benzene rings is 1. The van der Waals surface area contributed by atoms with Gasteiger partial charge in [-0.2, -0.15) is 0 Å². The lowest BCUT2D eigenvalue weighted by Crippen LogP contribution is -2.45. The Kier molecular flexibility index (Phi) is 3.15. The van der Waals surface area contributed by atoms with Crippen molar-refractivity contribution in [3.63, 3.8) is 0 Å². The first-order valence-corrected chi connectivity index (χ1v) is 6.81. The highest BCUT2D eigenvalue weighted by molar-refractivity contribution is 5.77. The van der Waals surface area contributed by atoms with Crippen LogP contribution in [0.2, 0.25) is 0 Å². The first-order chi connectivity index (χ1) is 9.22. The predicted octanol–water partition coefficient (Wildman–Crippen LogP) is 2.55. The van der Waals surface area contributed by atoms with Crippen LogP contribution < -0.4 is 0 Å². The minimum Gasteiger partial charge on any atom is -0.468 e. The van der Waals surface area contributed by atoms with Gasteiger partial charge in [0.15, 0.2) is 0 Å². The summed E-state index contributed by atoms with van der Waals surface area (Å²) in [5, 5.41) is 0. The van der Waals surface area contributed by atoms with Crippen LogP contribution in [0.15, 0.2) is 42.5 Å². The number of nitrogens with zero attached hydrogens (tertiary/aromatic N) is 1. The van der Waals surface area contributed by atoms with Gasteiger partial charge >= 0.3 is 5.97 Å². The molecule has 0 aromatic heterocycles. The van der Waals surface area contributed by atoms with Crippen molar-refractivity contribution >= 4 is 5.97 Å². The molecule has 19 heavy (non-hydrogen) atoms. The second-order valence-corrected chi connectivity index (χ2v) is 5.35. The molecule has 3 heteroatoms. The Balaban J connectivity index is 1.90. The third-order valence-corrected chi connectivity index (χ3v) is 4.38. The molecule has 0 saturated carbocycles. The van der Waals surface area contributed by atoms with Crippen molar-refractivity contribution < 1.29 is 9.53 Å². The molecule has 2 bridgehead atoms. The molecule has 0 radical (unpaired) electrons. The number of methoxy groups -OCH3 is 1. The van der Waals surface area contributed by atoms with Crippen molar-refractivity contribution in [2.75, 3.05) is 7.11 Å². The van der Waals surface area contributed by atoms with E-state index in [1.54, 1.807) is 0 Å². The number of esters is 1. The Morgan fingerprint density at radius 2 is 2.05 bits per heavy atom. The van der Waals surface area contributed by atoms with Gasteiger partial charge in [0.1, 0.15) is 6.04 Å². The van der Waals surface area contributed by atoms with E-state index >= 15 is 0 Å². The first kappa shape index (κ1) is 12.4. The lowest BCUT2D eigenvalue weighted by Gasteiger charge is -2.35.